The molecule has 0 fully saturated rings. The highest BCUT2D eigenvalue weighted by Crippen LogP contribution is 2.09. The van der Waals surface area contributed by atoms with Crippen molar-refractivity contribution in [2.45, 2.75) is 90.8 Å². The number of ether oxygens (including phenoxy) is 1. The van der Waals surface area contributed by atoms with E-state index in [-0.39, 0.29) is 0 Å². The molecule has 0 spiro atoms. The average molecular weight is 270 g/mol. The van der Waals surface area contributed by atoms with Gasteiger partial charge in [0, 0.05) is 6.61 Å². The van der Waals surface area contributed by atoms with Crippen LogP contribution in [0.4, 0.5) is 0 Å². The highest BCUT2D eigenvalue weighted by molar-refractivity contribution is 4.79. The van der Waals surface area contributed by atoms with Crippen molar-refractivity contribution in [3.05, 3.63) is 12.2 Å². The first kappa shape index (κ1) is 18.7. The van der Waals surface area contributed by atoms with E-state index in [0.717, 1.165) is 25.7 Å². The minimum Gasteiger partial charge on any atom is -0.368 e. The monoisotopic (exact) mass is 270 g/mol. The smallest absolute Gasteiger partial charge is 0.154 e. The van der Waals surface area contributed by atoms with Gasteiger partial charge >= 0.3 is 0 Å². The van der Waals surface area contributed by atoms with E-state index in [4.69, 9.17) is 4.74 Å². The normalized spacial score (nSPS) is 13.2. The van der Waals surface area contributed by atoms with Crippen LogP contribution in [0.15, 0.2) is 12.2 Å². The van der Waals surface area contributed by atoms with Crippen LogP contribution in [0.2, 0.25) is 0 Å². The minimum atomic E-state index is -0.540. The summed E-state index contributed by atoms with van der Waals surface area (Å²) in [6, 6.07) is 0. The van der Waals surface area contributed by atoms with E-state index < -0.39 is 6.29 Å². The molecule has 0 aliphatic heterocycles. The van der Waals surface area contributed by atoms with Crippen molar-refractivity contribution < 1.29 is 9.84 Å². The van der Waals surface area contributed by atoms with Crippen LogP contribution in [0.25, 0.3) is 0 Å². The van der Waals surface area contributed by atoms with E-state index in [1.807, 2.05) is 0 Å². The largest absolute Gasteiger partial charge is 0.368 e. The Morgan fingerprint density at radius 1 is 0.895 bits per heavy atom. The van der Waals surface area contributed by atoms with Gasteiger partial charge in [0.25, 0.3) is 0 Å². The van der Waals surface area contributed by atoms with Gasteiger partial charge in [0.15, 0.2) is 6.29 Å². The summed E-state index contributed by atoms with van der Waals surface area (Å²) in [6.07, 6.45) is 16.7. The molecule has 0 radical (unpaired) electrons. The van der Waals surface area contributed by atoms with Gasteiger partial charge in [-0.05, 0) is 38.5 Å². The summed E-state index contributed by atoms with van der Waals surface area (Å²) in [7, 11) is 0. The maximum absolute atomic E-state index is 9.64. The number of allylic oxidation sites excluding steroid dienone is 2. The van der Waals surface area contributed by atoms with Crippen LogP contribution in [0.1, 0.15) is 84.5 Å². The van der Waals surface area contributed by atoms with Gasteiger partial charge in [-0.15, -0.1) is 0 Å². The number of rotatable bonds is 14. The second-order valence-corrected chi connectivity index (χ2v) is 5.26. The second kappa shape index (κ2) is 15.7. The molecule has 2 heteroatoms. The van der Waals surface area contributed by atoms with E-state index in [9.17, 15) is 5.11 Å². The summed E-state index contributed by atoms with van der Waals surface area (Å²) in [6.45, 7) is 5.08. The molecule has 2 nitrogen and oxygen atoms in total. The maximum atomic E-state index is 9.64. The first-order valence-corrected chi connectivity index (χ1v) is 8.25. The Bertz CT molecular complexity index is 190. The predicted octanol–water partition coefficient (Wildman–Crippen LogP) is 5.21. The molecule has 0 aromatic carbocycles. The van der Waals surface area contributed by atoms with Gasteiger partial charge in [-0.1, -0.05) is 58.1 Å². The van der Waals surface area contributed by atoms with Crippen molar-refractivity contribution in [1.82, 2.24) is 0 Å². The predicted molar refractivity (Wildman–Crippen MR) is 83.2 cm³/mol. The molecule has 0 aromatic heterocycles. The molecule has 0 saturated heterocycles. The van der Waals surface area contributed by atoms with Gasteiger partial charge in [-0.25, -0.2) is 0 Å². The highest BCUT2D eigenvalue weighted by Gasteiger charge is 2.03. The van der Waals surface area contributed by atoms with Crippen molar-refractivity contribution >= 4 is 0 Å². The quantitative estimate of drug-likeness (QED) is 0.267. The van der Waals surface area contributed by atoms with Crippen molar-refractivity contribution in [1.29, 1.82) is 0 Å². The van der Waals surface area contributed by atoms with Gasteiger partial charge < -0.3 is 9.84 Å². The molecular weight excluding hydrogens is 236 g/mol. The van der Waals surface area contributed by atoms with Gasteiger partial charge in [-0.3, -0.25) is 0 Å². The summed E-state index contributed by atoms with van der Waals surface area (Å²) in [5.74, 6) is 0. The second-order valence-electron chi connectivity index (χ2n) is 5.26. The Labute approximate surface area is 120 Å². The fraction of sp³-hybridized carbons (Fsp3) is 0.882. The molecule has 114 valence electrons. The molecule has 1 unspecified atom stereocenters. The third-order valence-electron chi connectivity index (χ3n) is 3.28. The Hall–Kier alpha value is -0.340. The minimum absolute atomic E-state index is 0.540. The Kier molecular flexibility index (Phi) is 15.4. The van der Waals surface area contributed by atoms with Gasteiger partial charge in [-0.2, -0.15) is 0 Å². The van der Waals surface area contributed by atoms with Crippen LogP contribution in [0, 0.1) is 0 Å². The SMILES string of the molecule is CC/C=C\CCCCCOC(O)CCCCCCC. The lowest BCUT2D eigenvalue weighted by Crippen LogP contribution is -2.12. The van der Waals surface area contributed by atoms with Crippen LogP contribution >= 0.6 is 0 Å². The molecule has 0 amide bonds. The zero-order chi connectivity index (χ0) is 14.2. The van der Waals surface area contributed by atoms with E-state index >= 15 is 0 Å². The van der Waals surface area contributed by atoms with E-state index in [0.29, 0.717) is 6.61 Å². The van der Waals surface area contributed by atoms with Crippen LogP contribution in [0.3, 0.4) is 0 Å². The van der Waals surface area contributed by atoms with E-state index in [1.54, 1.807) is 0 Å². The Balaban J connectivity index is 3.15. The van der Waals surface area contributed by atoms with Crippen molar-refractivity contribution in [2.75, 3.05) is 6.61 Å². The van der Waals surface area contributed by atoms with Crippen LogP contribution in [-0.2, 0) is 4.74 Å². The van der Waals surface area contributed by atoms with Crippen molar-refractivity contribution in [3.63, 3.8) is 0 Å². The lowest BCUT2D eigenvalue weighted by atomic mass is 10.1. The van der Waals surface area contributed by atoms with Crippen molar-refractivity contribution in [3.8, 4) is 0 Å². The summed E-state index contributed by atoms with van der Waals surface area (Å²) in [4.78, 5) is 0. The molecular formula is C17H34O2. The molecule has 0 rings (SSSR count). The van der Waals surface area contributed by atoms with Crippen molar-refractivity contribution in [2.24, 2.45) is 0 Å². The van der Waals surface area contributed by atoms with Gasteiger partial charge in [0.05, 0.1) is 0 Å². The van der Waals surface area contributed by atoms with E-state index in [1.165, 1.54) is 44.9 Å². The molecule has 0 aromatic rings. The fourth-order valence-corrected chi connectivity index (χ4v) is 2.05. The lowest BCUT2D eigenvalue weighted by molar-refractivity contribution is -0.105. The van der Waals surface area contributed by atoms with E-state index in [2.05, 4.69) is 26.0 Å². The molecule has 19 heavy (non-hydrogen) atoms. The molecule has 1 atom stereocenters. The van der Waals surface area contributed by atoms with Gasteiger partial charge in [0.1, 0.15) is 0 Å². The third kappa shape index (κ3) is 15.6. The summed E-state index contributed by atoms with van der Waals surface area (Å²) in [5.41, 5.74) is 0. The molecule has 0 aliphatic rings. The molecule has 0 saturated carbocycles. The molecule has 0 heterocycles. The number of hydrogen-bond acceptors (Lipinski definition) is 2. The first-order valence-electron chi connectivity index (χ1n) is 8.25. The zero-order valence-corrected chi connectivity index (χ0v) is 13.1. The highest BCUT2D eigenvalue weighted by atomic mass is 16.6. The van der Waals surface area contributed by atoms with Crippen LogP contribution in [0.5, 0.6) is 0 Å². The Morgan fingerprint density at radius 3 is 2.37 bits per heavy atom. The fourth-order valence-electron chi connectivity index (χ4n) is 2.05. The number of hydrogen-bond donors (Lipinski definition) is 1. The average Bonchev–Trinajstić information content (AvgIpc) is 2.41. The molecule has 0 bridgehead atoms. The maximum Gasteiger partial charge on any atom is 0.154 e. The number of aliphatic hydroxyl groups excluding tert-OH is 1. The Morgan fingerprint density at radius 2 is 1.63 bits per heavy atom. The molecule has 0 aliphatic carbocycles. The van der Waals surface area contributed by atoms with Crippen LogP contribution < -0.4 is 0 Å². The van der Waals surface area contributed by atoms with Crippen LogP contribution in [-0.4, -0.2) is 18.0 Å². The molecule has 1 N–H and O–H groups in total. The van der Waals surface area contributed by atoms with Gasteiger partial charge in [0.2, 0.25) is 0 Å². The lowest BCUT2D eigenvalue weighted by Gasteiger charge is -2.11. The summed E-state index contributed by atoms with van der Waals surface area (Å²) < 4.78 is 5.41. The number of unbranched alkanes of at least 4 members (excludes halogenated alkanes) is 7. The standard InChI is InChI=1S/C17H34O2/c1-3-5-7-9-10-12-14-16-19-17(18)15-13-11-8-6-4-2/h5,7,17-18H,3-4,6,8-16H2,1-2H3/b7-5-. The number of aliphatic hydroxyl groups is 1. The third-order valence-corrected chi connectivity index (χ3v) is 3.28. The first-order chi connectivity index (χ1) is 9.31. The topological polar surface area (TPSA) is 29.5 Å². The zero-order valence-electron chi connectivity index (χ0n) is 13.1. The summed E-state index contributed by atoms with van der Waals surface area (Å²) >= 11 is 0. The summed E-state index contributed by atoms with van der Waals surface area (Å²) in [5, 5.41) is 9.64.